The maximum absolute atomic E-state index is 15.0. The summed E-state index contributed by atoms with van der Waals surface area (Å²) in [6, 6.07) is 18.5. The van der Waals surface area contributed by atoms with Crippen molar-refractivity contribution in [1.82, 2.24) is 30.2 Å². The van der Waals surface area contributed by atoms with Crippen LogP contribution in [0.4, 0.5) is 20.2 Å². The van der Waals surface area contributed by atoms with E-state index in [1.54, 1.807) is 61.0 Å². The Morgan fingerprint density at radius 1 is 0.984 bits per heavy atom. The second-order valence-electron chi connectivity index (χ2n) is 16.4. The standard InChI is InChI=1S/C48H47F2N7O6/c1-26(2)30-18-41-37(16-27(3)47(61)55(41)5)42(19-30)56-15-7-8-28-17-35(36(45(49)50)21-40(28)56)29-11-13-39(52-22-29)46(60)53-23-31-20-43(63-54-31)33-9-6-10-34-38(33)24-57(48(34)62)32(25-58)12-14-44(59)51-4/h6,9-11,13,16-22,25-26,32,45H,7-8,12,14-15,23-24H2,1-5H3,(H,51,59)(H,53,60). The summed E-state index contributed by atoms with van der Waals surface area (Å²) in [5.41, 5.74) is 7.62. The maximum Gasteiger partial charge on any atom is 0.270 e. The topological polar surface area (TPSA) is 160 Å². The molecule has 8 rings (SSSR count). The first-order valence-corrected chi connectivity index (χ1v) is 20.9. The Labute approximate surface area is 362 Å². The predicted molar refractivity (Wildman–Crippen MR) is 234 cm³/mol. The van der Waals surface area contributed by atoms with Crippen LogP contribution in [0.1, 0.15) is 99.8 Å². The Balaban J connectivity index is 0.993. The van der Waals surface area contributed by atoms with Gasteiger partial charge in [0.15, 0.2) is 5.76 Å². The van der Waals surface area contributed by atoms with Crippen LogP contribution in [0.15, 0.2) is 82.2 Å². The number of pyridine rings is 2. The lowest BCUT2D eigenvalue weighted by atomic mass is 9.91. The number of alkyl halides is 2. The largest absolute Gasteiger partial charge is 0.359 e. The van der Waals surface area contributed by atoms with Gasteiger partial charge in [-0.1, -0.05) is 37.2 Å². The van der Waals surface area contributed by atoms with E-state index in [2.05, 4.69) is 45.6 Å². The summed E-state index contributed by atoms with van der Waals surface area (Å²) in [4.78, 5) is 71.1. The number of hydrogen-bond acceptors (Lipinski definition) is 9. The number of anilines is 2. The molecule has 0 aliphatic carbocycles. The van der Waals surface area contributed by atoms with Crippen LogP contribution < -0.4 is 21.1 Å². The molecule has 0 saturated heterocycles. The average molecular weight is 856 g/mol. The number of carbonyl (C=O) groups is 4. The van der Waals surface area contributed by atoms with Gasteiger partial charge in [0.25, 0.3) is 23.8 Å². The second-order valence-corrected chi connectivity index (χ2v) is 16.4. The average Bonchev–Trinajstić information content (AvgIpc) is 3.90. The summed E-state index contributed by atoms with van der Waals surface area (Å²) in [7, 11) is 3.27. The van der Waals surface area contributed by atoms with E-state index in [9.17, 15) is 32.8 Å². The van der Waals surface area contributed by atoms with E-state index in [1.165, 1.54) is 24.2 Å². The lowest BCUT2D eigenvalue weighted by Crippen LogP contribution is -2.37. The Morgan fingerprint density at radius 3 is 2.49 bits per heavy atom. The molecule has 324 valence electrons. The highest BCUT2D eigenvalue weighted by Crippen LogP contribution is 2.44. The number of hydrogen-bond donors (Lipinski definition) is 2. The normalized spacial score (nSPS) is 14.0. The highest BCUT2D eigenvalue weighted by Gasteiger charge is 2.35. The molecule has 1 atom stereocenters. The molecule has 6 aromatic rings. The summed E-state index contributed by atoms with van der Waals surface area (Å²) in [6.45, 7) is 6.71. The zero-order valence-electron chi connectivity index (χ0n) is 35.6. The van der Waals surface area contributed by atoms with Crippen LogP contribution in [0.5, 0.6) is 0 Å². The van der Waals surface area contributed by atoms with E-state index >= 15 is 0 Å². The van der Waals surface area contributed by atoms with Gasteiger partial charge >= 0.3 is 0 Å². The molecule has 3 aromatic carbocycles. The van der Waals surface area contributed by atoms with Crippen molar-refractivity contribution >= 4 is 46.3 Å². The molecule has 2 N–H and O–H groups in total. The van der Waals surface area contributed by atoms with Gasteiger partial charge in [0, 0.05) is 84.8 Å². The Bertz CT molecular complexity index is 2850. The van der Waals surface area contributed by atoms with Gasteiger partial charge in [0.05, 0.1) is 23.8 Å². The van der Waals surface area contributed by atoms with E-state index in [-0.39, 0.29) is 60.5 Å². The monoisotopic (exact) mass is 855 g/mol. The van der Waals surface area contributed by atoms with Crippen molar-refractivity contribution in [2.75, 3.05) is 18.5 Å². The molecule has 2 aliphatic rings. The van der Waals surface area contributed by atoms with Crippen LogP contribution in [0.3, 0.4) is 0 Å². The molecule has 0 bridgehead atoms. The molecular formula is C48H47F2N7O6. The van der Waals surface area contributed by atoms with Crippen LogP contribution in [0.25, 0.3) is 33.4 Å². The van der Waals surface area contributed by atoms with Crippen LogP contribution >= 0.6 is 0 Å². The summed E-state index contributed by atoms with van der Waals surface area (Å²) < 4.78 is 37.2. The van der Waals surface area contributed by atoms with Gasteiger partial charge in [-0.2, -0.15) is 0 Å². The molecule has 15 heteroatoms. The molecule has 63 heavy (non-hydrogen) atoms. The van der Waals surface area contributed by atoms with Gasteiger partial charge in [-0.25, -0.2) is 8.78 Å². The first-order chi connectivity index (χ1) is 30.3. The van der Waals surface area contributed by atoms with Crippen molar-refractivity contribution in [3.8, 4) is 22.5 Å². The van der Waals surface area contributed by atoms with Crippen molar-refractivity contribution in [3.63, 3.8) is 0 Å². The third-order valence-electron chi connectivity index (χ3n) is 12.1. The minimum absolute atomic E-state index is 0.0133. The maximum atomic E-state index is 15.0. The number of amides is 3. The molecule has 2 aliphatic heterocycles. The minimum Gasteiger partial charge on any atom is -0.359 e. The van der Waals surface area contributed by atoms with Crippen LogP contribution in [0.2, 0.25) is 0 Å². The smallest absolute Gasteiger partial charge is 0.270 e. The number of nitrogens with one attached hydrogen (secondary N) is 2. The van der Waals surface area contributed by atoms with Crippen LogP contribution in [0, 0.1) is 6.92 Å². The molecule has 1 unspecified atom stereocenters. The lowest BCUT2D eigenvalue weighted by molar-refractivity contribution is -0.121. The van der Waals surface area contributed by atoms with Crippen molar-refractivity contribution in [2.24, 2.45) is 7.05 Å². The molecule has 3 amide bonds. The molecule has 0 radical (unpaired) electrons. The number of benzene rings is 3. The van der Waals surface area contributed by atoms with Crippen molar-refractivity contribution in [2.45, 2.75) is 77.9 Å². The number of nitrogens with zero attached hydrogens (tertiary/aromatic N) is 5. The predicted octanol–water partition coefficient (Wildman–Crippen LogP) is 7.69. The van der Waals surface area contributed by atoms with E-state index < -0.39 is 18.4 Å². The number of halogens is 2. The molecular weight excluding hydrogens is 809 g/mol. The van der Waals surface area contributed by atoms with E-state index in [4.69, 9.17) is 4.52 Å². The summed E-state index contributed by atoms with van der Waals surface area (Å²) in [5.74, 6) is -0.528. The van der Waals surface area contributed by atoms with Crippen molar-refractivity contribution in [3.05, 3.63) is 128 Å². The zero-order valence-corrected chi connectivity index (χ0v) is 35.6. The number of rotatable bonds is 13. The Hall–Kier alpha value is -7.03. The fourth-order valence-electron chi connectivity index (χ4n) is 8.63. The van der Waals surface area contributed by atoms with E-state index in [0.717, 1.165) is 34.1 Å². The quantitative estimate of drug-likeness (QED) is 0.111. The molecule has 0 saturated carbocycles. The van der Waals surface area contributed by atoms with E-state index in [0.29, 0.717) is 69.8 Å². The first kappa shape index (κ1) is 42.7. The molecule has 3 aromatic heterocycles. The summed E-state index contributed by atoms with van der Waals surface area (Å²) >= 11 is 0. The fraction of sp³-hybridized carbons (Fsp3) is 0.312. The molecule has 0 spiro atoms. The van der Waals surface area contributed by atoms with Crippen molar-refractivity contribution in [1.29, 1.82) is 0 Å². The lowest BCUT2D eigenvalue weighted by Gasteiger charge is -2.34. The third-order valence-corrected chi connectivity index (χ3v) is 12.1. The SMILES string of the molecule is CNC(=O)CCC(C=O)N1Cc2c(cccc2-c2cc(CNC(=O)c3ccc(-c4cc5c(cc4C(F)F)N(c4cc(C(C)C)cc6c4cc(C)c(=O)n6C)CCC5)cn3)no2)C1=O. The highest BCUT2D eigenvalue weighted by atomic mass is 19.3. The minimum atomic E-state index is -2.80. The number of fused-ring (bicyclic) bond motifs is 3. The van der Waals surface area contributed by atoms with Gasteiger partial charge in [-0.05, 0) is 96.8 Å². The first-order valence-electron chi connectivity index (χ1n) is 20.9. The fourth-order valence-corrected chi connectivity index (χ4v) is 8.63. The summed E-state index contributed by atoms with van der Waals surface area (Å²) in [6.07, 6.45) is 1.06. The van der Waals surface area contributed by atoms with Crippen molar-refractivity contribution < 1.29 is 32.5 Å². The highest BCUT2D eigenvalue weighted by molar-refractivity contribution is 6.02. The van der Waals surface area contributed by atoms with Gasteiger partial charge in [-0.15, -0.1) is 0 Å². The second kappa shape index (κ2) is 17.4. The molecule has 13 nitrogen and oxygen atoms in total. The zero-order chi connectivity index (χ0) is 44.7. The number of carbonyl (C=O) groups excluding carboxylic acids is 4. The number of aromatic nitrogens is 3. The Kier molecular flexibility index (Phi) is 11.8. The van der Waals surface area contributed by atoms with Gasteiger partial charge in [-0.3, -0.25) is 24.2 Å². The number of aryl methyl sites for hydroxylation is 3. The van der Waals surface area contributed by atoms with E-state index in [1.807, 2.05) is 12.1 Å². The van der Waals surface area contributed by atoms with Gasteiger partial charge < -0.3 is 34.3 Å². The number of aldehydes is 1. The van der Waals surface area contributed by atoms with Crippen LogP contribution in [-0.4, -0.2) is 63.2 Å². The third kappa shape index (κ3) is 8.10. The van der Waals surface area contributed by atoms with Gasteiger partial charge in [0.2, 0.25) is 5.91 Å². The van der Waals surface area contributed by atoms with Gasteiger partial charge in [0.1, 0.15) is 17.7 Å². The molecule has 0 fully saturated rings. The molecule has 5 heterocycles. The Morgan fingerprint density at radius 2 is 1.78 bits per heavy atom. The summed E-state index contributed by atoms with van der Waals surface area (Å²) in [5, 5.41) is 10.3. The van der Waals surface area contributed by atoms with Crippen LogP contribution in [-0.2, 0) is 36.1 Å².